The summed E-state index contributed by atoms with van der Waals surface area (Å²) in [6.07, 6.45) is 50.2. The van der Waals surface area contributed by atoms with Crippen LogP contribution in [0.15, 0.2) is 0 Å². The summed E-state index contributed by atoms with van der Waals surface area (Å²) < 4.78 is 68.3. The van der Waals surface area contributed by atoms with Gasteiger partial charge in [0.2, 0.25) is 0 Å². The first-order valence-corrected chi connectivity index (χ1v) is 40.5. The van der Waals surface area contributed by atoms with Crippen LogP contribution in [0, 0.1) is 11.8 Å². The van der Waals surface area contributed by atoms with Gasteiger partial charge in [-0.05, 0) is 37.5 Å². The number of esters is 4. The number of aliphatic hydroxyl groups excluding tert-OH is 1. The molecular weight excluding hydrogens is 1200 g/mol. The van der Waals surface area contributed by atoms with Crippen LogP contribution in [0.3, 0.4) is 0 Å². The second-order valence-corrected chi connectivity index (χ2v) is 29.6. The molecule has 0 aliphatic heterocycles. The highest BCUT2D eigenvalue weighted by molar-refractivity contribution is 7.47. The molecule has 17 nitrogen and oxygen atoms in total. The van der Waals surface area contributed by atoms with Crippen LogP contribution in [0.25, 0.3) is 0 Å². The molecule has 0 heterocycles. The summed E-state index contributed by atoms with van der Waals surface area (Å²) >= 11 is 0. The zero-order chi connectivity index (χ0) is 67.2. The number of phosphoric ester groups is 2. The normalized spacial score (nSPS) is 14.4. The van der Waals surface area contributed by atoms with Crippen LogP contribution in [0.1, 0.15) is 369 Å². The van der Waals surface area contributed by atoms with Gasteiger partial charge in [0, 0.05) is 25.7 Å². The van der Waals surface area contributed by atoms with Crippen LogP contribution in [0.5, 0.6) is 0 Å². The fraction of sp³-hybridized carbons (Fsp3) is 0.944. The Hall–Kier alpha value is -1.94. The second kappa shape index (κ2) is 64.1. The van der Waals surface area contributed by atoms with Crippen LogP contribution in [-0.4, -0.2) is 96.7 Å². The van der Waals surface area contributed by atoms with Gasteiger partial charge < -0.3 is 33.8 Å². The van der Waals surface area contributed by atoms with Crippen molar-refractivity contribution in [2.24, 2.45) is 11.8 Å². The van der Waals surface area contributed by atoms with Gasteiger partial charge in [0.15, 0.2) is 12.2 Å². The lowest BCUT2D eigenvalue weighted by Crippen LogP contribution is -2.30. The van der Waals surface area contributed by atoms with Crippen molar-refractivity contribution in [2.45, 2.75) is 387 Å². The highest BCUT2D eigenvalue weighted by Crippen LogP contribution is 2.45. The number of carbonyl (C=O) groups excluding carboxylic acids is 4. The molecule has 19 heteroatoms. The van der Waals surface area contributed by atoms with E-state index in [4.69, 9.17) is 37.0 Å². The number of hydrogen-bond acceptors (Lipinski definition) is 15. The third-order valence-electron chi connectivity index (χ3n) is 17.1. The number of carbonyl (C=O) groups is 4. The third kappa shape index (κ3) is 65.1. The topological polar surface area (TPSA) is 237 Å². The van der Waals surface area contributed by atoms with Crippen LogP contribution >= 0.6 is 15.6 Å². The van der Waals surface area contributed by atoms with E-state index in [1.54, 1.807) is 0 Å². The summed E-state index contributed by atoms with van der Waals surface area (Å²) in [5.41, 5.74) is 0. The van der Waals surface area contributed by atoms with Crippen LogP contribution < -0.4 is 0 Å². The summed E-state index contributed by atoms with van der Waals surface area (Å²) in [6.45, 7) is 9.48. The minimum Gasteiger partial charge on any atom is -0.462 e. The van der Waals surface area contributed by atoms with Gasteiger partial charge in [0.25, 0.3) is 0 Å². The summed E-state index contributed by atoms with van der Waals surface area (Å²) in [5, 5.41) is 10.6. The molecular formula is C72H140O17P2. The molecule has 0 radical (unpaired) electrons. The number of ether oxygens (including phenoxy) is 4. The van der Waals surface area contributed by atoms with E-state index in [2.05, 4.69) is 41.5 Å². The summed E-state index contributed by atoms with van der Waals surface area (Å²) in [5.74, 6) is -0.663. The number of unbranched alkanes of at least 4 members (excludes halogenated alkanes) is 40. The van der Waals surface area contributed by atoms with Crippen molar-refractivity contribution < 1.29 is 80.2 Å². The lowest BCUT2D eigenvalue weighted by Gasteiger charge is -2.21. The quantitative estimate of drug-likeness (QED) is 0.0222. The summed E-state index contributed by atoms with van der Waals surface area (Å²) in [6, 6.07) is 0. The van der Waals surface area contributed by atoms with Crippen molar-refractivity contribution in [2.75, 3.05) is 39.6 Å². The number of hydrogen-bond donors (Lipinski definition) is 3. The Balaban J connectivity index is 5.18. The molecule has 0 aliphatic rings. The van der Waals surface area contributed by atoms with Crippen molar-refractivity contribution in [1.29, 1.82) is 0 Å². The van der Waals surface area contributed by atoms with Gasteiger partial charge in [-0.15, -0.1) is 0 Å². The molecule has 3 N–H and O–H groups in total. The maximum Gasteiger partial charge on any atom is 0.472 e. The molecule has 0 aromatic rings. The molecule has 0 aromatic heterocycles. The Labute approximate surface area is 556 Å². The molecule has 3 unspecified atom stereocenters. The Kier molecular flexibility index (Phi) is 62.7. The van der Waals surface area contributed by atoms with E-state index in [1.165, 1.54) is 186 Å². The zero-order valence-electron chi connectivity index (χ0n) is 59.1. The molecule has 0 saturated carbocycles. The van der Waals surface area contributed by atoms with E-state index in [9.17, 15) is 43.2 Å². The summed E-state index contributed by atoms with van der Waals surface area (Å²) in [7, 11) is -9.90. The number of phosphoric acid groups is 2. The molecule has 0 aromatic carbocycles. The van der Waals surface area contributed by atoms with Gasteiger partial charge >= 0.3 is 39.5 Å². The minimum absolute atomic E-state index is 0.103. The van der Waals surface area contributed by atoms with E-state index in [0.29, 0.717) is 25.7 Å². The number of aliphatic hydroxyl groups is 1. The molecule has 91 heavy (non-hydrogen) atoms. The molecule has 6 atom stereocenters. The lowest BCUT2D eigenvalue weighted by atomic mass is 10.00. The van der Waals surface area contributed by atoms with Crippen molar-refractivity contribution in [3.8, 4) is 0 Å². The average molecular weight is 1340 g/mol. The van der Waals surface area contributed by atoms with Gasteiger partial charge in [-0.3, -0.25) is 37.3 Å². The molecule has 0 spiro atoms. The van der Waals surface area contributed by atoms with E-state index in [0.717, 1.165) is 102 Å². The highest BCUT2D eigenvalue weighted by Gasteiger charge is 2.30. The van der Waals surface area contributed by atoms with Gasteiger partial charge in [0.05, 0.1) is 26.4 Å². The van der Waals surface area contributed by atoms with Crippen molar-refractivity contribution >= 4 is 39.5 Å². The molecule has 0 saturated heterocycles. The predicted molar refractivity (Wildman–Crippen MR) is 368 cm³/mol. The van der Waals surface area contributed by atoms with E-state index >= 15 is 0 Å². The lowest BCUT2D eigenvalue weighted by molar-refractivity contribution is -0.161. The SMILES string of the molecule is CCCCCCCCCCCCCCCCCCCCCCC(=O)O[C@H](COC(=O)CCCCCCCCCCCC(C)C)COP(=O)(O)OC[C@@H](O)COP(=O)(O)OC[C@@H](COC(=O)CCCCCCCCCCC)OC(=O)CCCCCCCCC(C)CC. The van der Waals surface area contributed by atoms with Crippen molar-refractivity contribution in [3.05, 3.63) is 0 Å². The van der Waals surface area contributed by atoms with E-state index in [-0.39, 0.29) is 25.7 Å². The maximum atomic E-state index is 13.0. The monoisotopic (exact) mass is 1340 g/mol. The largest absolute Gasteiger partial charge is 0.472 e. The molecule has 0 bridgehead atoms. The highest BCUT2D eigenvalue weighted by atomic mass is 31.2. The molecule has 0 rings (SSSR count). The fourth-order valence-corrected chi connectivity index (χ4v) is 12.5. The van der Waals surface area contributed by atoms with Crippen molar-refractivity contribution in [3.63, 3.8) is 0 Å². The molecule has 540 valence electrons. The van der Waals surface area contributed by atoms with E-state index in [1.807, 2.05) is 0 Å². The fourth-order valence-electron chi connectivity index (χ4n) is 10.9. The first-order valence-electron chi connectivity index (χ1n) is 37.5. The van der Waals surface area contributed by atoms with Crippen LogP contribution in [-0.2, 0) is 65.4 Å². The van der Waals surface area contributed by atoms with Crippen LogP contribution in [0.4, 0.5) is 0 Å². The van der Waals surface area contributed by atoms with Gasteiger partial charge in [0.1, 0.15) is 19.3 Å². The smallest absolute Gasteiger partial charge is 0.462 e. The maximum absolute atomic E-state index is 13.0. The Bertz CT molecular complexity index is 1770. The Morgan fingerprint density at radius 1 is 0.319 bits per heavy atom. The molecule has 0 amide bonds. The first kappa shape index (κ1) is 89.1. The first-order chi connectivity index (χ1) is 43.9. The Morgan fingerprint density at radius 3 is 0.835 bits per heavy atom. The summed E-state index contributed by atoms with van der Waals surface area (Å²) in [4.78, 5) is 72.5. The Morgan fingerprint density at radius 2 is 0.560 bits per heavy atom. The van der Waals surface area contributed by atoms with Crippen molar-refractivity contribution in [1.82, 2.24) is 0 Å². The standard InChI is InChI=1S/C72H140O17P2/c1-7-10-12-14-16-18-19-20-21-22-23-24-25-26-27-28-32-37-44-50-56-71(76)88-67(60-83-70(75)55-49-43-36-33-29-31-34-40-46-52-64(4)5)62-86-90(78,79)84-58-66(73)59-85-91(80,81)87-63-68(61-82-69(74)54-48-42-35-30-17-15-13-11-8-2)89-72(77)57-51-45-39-38-41-47-53-65(6)9-3/h64-68,73H,7-63H2,1-6H3,(H,78,79)(H,80,81)/t65?,66-,67-,68-/m1/s1. The minimum atomic E-state index is -4.95. The molecule has 0 fully saturated rings. The zero-order valence-corrected chi connectivity index (χ0v) is 60.9. The average Bonchev–Trinajstić information content (AvgIpc) is 3.21. The van der Waals surface area contributed by atoms with E-state index < -0.39 is 97.5 Å². The number of rotatable bonds is 71. The van der Waals surface area contributed by atoms with Gasteiger partial charge in [-0.2, -0.15) is 0 Å². The second-order valence-electron chi connectivity index (χ2n) is 26.7. The van der Waals surface area contributed by atoms with Gasteiger partial charge in [-0.25, -0.2) is 9.13 Å². The van der Waals surface area contributed by atoms with Crippen LogP contribution in [0.2, 0.25) is 0 Å². The predicted octanol–water partition coefficient (Wildman–Crippen LogP) is 20.8. The molecule has 0 aliphatic carbocycles. The van der Waals surface area contributed by atoms with Gasteiger partial charge in [-0.1, -0.05) is 318 Å². The third-order valence-corrected chi connectivity index (χ3v) is 19.0.